The van der Waals surface area contributed by atoms with E-state index in [1.807, 2.05) is 68.4 Å². The van der Waals surface area contributed by atoms with Crippen LogP contribution in [-0.2, 0) is 32.6 Å². The van der Waals surface area contributed by atoms with Crippen molar-refractivity contribution < 1.29 is 22.4 Å². The molecule has 0 saturated heterocycles. The van der Waals surface area contributed by atoms with Gasteiger partial charge in [0.15, 0.2) is 0 Å². The molecule has 0 saturated carbocycles. The molecule has 0 aliphatic heterocycles. The van der Waals surface area contributed by atoms with Gasteiger partial charge in [-0.15, -0.1) is 0 Å². The zero-order chi connectivity index (χ0) is 28.6. The Labute approximate surface area is 234 Å². The van der Waals surface area contributed by atoms with Gasteiger partial charge in [0.2, 0.25) is 21.8 Å². The molecule has 1 atom stereocenters. The summed E-state index contributed by atoms with van der Waals surface area (Å²) in [6.45, 7) is 3.77. The van der Waals surface area contributed by atoms with Crippen LogP contribution in [0.2, 0.25) is 5.02 Å². The number of benzene rings is 3. The minimum atomic E-state index is -3.97. The maximum Gasteiger partial charge on any atom is 0.244 e. The number of hydrogen-bond donors (Lipinski definition) is 1. The van der Waals surface area contributed by atoms with Crippen molar-refractivity contribution >= 4 is 39.1 Å². The molecular formula is C29H33ClFN3O4S. The van der Waals surface area contributed by atoms with Gasteiger partial charge in [0.05, 0.1) is 17.0 Å². The monoisotopic (exact) mass is 573 g/mol. The molecule has 0 aromatic heterocycles. The lowest BCUT2D eigenvalue weighted by Gasteiger charge is -2.33. The number of rotatable bonds is 12. The molecule has 1 unspecified atom stereocenters. The highest BCUT2D eigenvalue weighted by atomic mass is 35.5. The van der Waals surface area contributed by atoms with Gasteiger partial charge in [0, 0.05) is 19.5 Å². The van der Waals surface area contributed by atoms with Gasteiger partial charge in [-0.3, -0.25) is 13.9 Å². The first kappa shape index (κ1) is 30.1. The quantitative estimate of drug-likeness (QED) is 0.340. The molecule has 2 amide bonds. The second kappa shape index (κ2) is 13.6. The summed E-state index contributed by atoms with van der Waals surface area (Å²) in [6, 6.07) is 19.4. The van der Waals surface area contributed by atoms with Crippen LogP contribution in [-0.4, -0.2) is 50.5 Å². The van der Waals surface area contributed by atoms with E-state index in [9.17, 15) is 22.4 Å². The first-order valence-corrected chi connectivity index (χ1v) is 14.8. The fourth-order valence-electron chi connectivity index (χ4n) is 4.18. The molecule has 0 fully saturated rings. The Morgan fingerprint density at radius 1 is 1.00 bits per heavy atom. The fraction of sp³-hybridized carbons (Fsp3) is 0.310. The first-order chi connectivity index (χ1) is 18.5. The minimum absolute atomic E-state index is 0.0443. The molecule has 39 heavy (non-hydrogen) atoms. The molecule has 0 heterocycles. The van der Waals surface area contributed by atoms with E-state index in [1.165, 1.54) is 11.0 Å². The van der Waals surface area contributed by atoms with Crippen LogP contribution < -0.4 is 9.62 Å². The summed E-state index contributed by atoms with van der Waals surface area (Å²) in [6.07, 6.45) is 1.90. The Bertz CT molecular complexity index is 1400. The van der Waals surface area contributed by atoms with Crippen molar-refractivity contribution in [2.45, 2.75) is 39.3 Å². The molecule has 0 bridgehead atoms. The van der Waals surface area contributed by atoms with Crippen LogP contribution in [0.25, 0.3) is 0 Å². The highest BCUT2D eigenvalue weighted by Crippen LogP contribution is 2.25. The number of hydrogen-bond acceptors (Lipinski definition) is 4. The van der Waals surface area contributed by atoms with Gasteiger partial charge >= 0.3 is 0 Å². The van der Waals surface area contributed by atoms with E-state index in [2.05, 4.69) is 5.32 Å². The summed E-state index contributed by atoms with van der Waals surface area (Å²) >= 11 is 5.92. The normalized spacial score (nSPS) is 12.0. The number of amides is 2. The van der Waals surface area contributed by atoms with Crippen LogP contribution in [0.15, 0.2) is 72.8 Å². The Hall–Kier alpha value is -3.43. The van der Waals surface area contributed by atoms with Crippen molar-refractivity contribution in [2.24, 2.45) is 0 Å². The van der Waals surface area contributed by atoms with Gasteiger partial charge in [-0.05, 0) is 42.7 Å². The van der Waals surface area contributed by atoms with Crippen molar-refractivity contribution in [3.63, 3.8) is 0 Å². The molecular weight excluding hydrogens is 541 g/mol. The molecule has 3 aromatic rings. The second-order valence-electron chi connectivity index (χ2n) is 9.38. The van der Waals surface area contributed by atoms with Crippen molar-refractivity contribution in [3.05, 3.63) is 100 Å². The summed E-state index contributed by atoms with van der Waals surface area (Å²) in [5.74, 6) is -1.64. The smallest absolute Gasteiger partial charge is 0.244 e. The highest BCUT2D eigenvalue weighted by molar-refractivity contribution is 7.92. The average molecular weight is 574 g/mol. The molecule has 3 rings (SSSR count). The predicted molar refractivity (Wildman–Crippen MR) is 153 cm³/mol. The molecule has 0 spiro atoms. The number of carbonyl (C=O) groups excluding carboxylic acids is 2. The van der Waals surface area contributed by atoms with Gasteiger partial charge in [0.1, 0.15) is 18.4 Å². The standard InChI is InChI=1S/C29H33ClFN3O4S/c1-4-15-32-29(36)27(17-22-10-6-5-7-11-22)33(19-23-12-8-9-21(2)16-23)28(35)20-34(39(3,37)38)24-13-14-26(31)25(30)18-24/h5-14,16,18,27H,4,15,17,19-20H2,1-3H3,(H,32,36). The minimum Gasteiger partial charge on any atom is -0.354 e. The van der Waals surface area contributed by atoms with Crippen molar-refractivity contribution in [2.75, 3.05) is 23.7 Å². The molecule has 0 radical (unpaired) electrons. The molecule has 0 aliphatic rings. The summed E-state index contributed by atoms with van der Waals surface area (Å²) in [7, 11) is -3.97. The van der Waals surface area contributed by atoms with Crippen molar-refractivity contribution in [3.8, 4) is 0 Å². The fourth-order valence-corrected chi connectivity index (χ4v) is 5.20. The van der Waals surface area contributed by atoms with E-state index < -0.39 is 34.3 Å². The molecule has 1 N–H and O–H groups in total. The third-order valence-electron chi connectivity index (χ3n) is 6.13. The Morgan fingerprint density at radius 3 is 2.31 bits per heavy atom. The summed E-state index contributed by atoms with van der Waals surface area (Å²) in [4.78, 5) is 28.8. The lowest BCUT2D eigenvalue weighted by molar-refractivity contribution is -0.140. The topological polar surface area (TPSA) is 86.8 Å². The Morgan fingerprint density at radius 2 is 1.69 bits per heavy atom. The van der Waals surface area contributed by atoms with E-state index in [-0.39, 0.29) is 29.6 Å². The Balaban J connectivity index is 2.05. The maximum absolute atomic E-state index is 14.0. The van der Waals surface area contributed by atoms with Crippen LogP contribution >= 0.6 is 11.6 Å². The number of halogens is 2. The van der Waals surface area contributed by atoms with Crippen molar-refractivity contribution in [1.82, 2.24) is 10.2 Å². The molecule has 10 heteroatoms. The zero-order valence-electron chi connectivity index (χ0n) is 22.2. The second-order valence-corrected chi connectivity index (χ2v) is 11.7. The summed E-state index contributed by atoms with van der Waals surface area (Å²) in [5, 5.41) is 2.62. The number of sulfonamides is 1. The number of aryl methyl sites for hydroxylation is 1. The van der Waals surface area contributed by atoms with Crippen LogP contribution in [0.1, 0.15) is 30.0 Å². The van der Waals surface area contributed by atoms with Crippen LogP contribution in [0.3, 0.4) is 0 Å². The highest BCUT2D eigenvalue weighted by Gasteiger charge is 2.33. The zero-order valence-corrected chi connectivity index (χ0v) is 23.8. The summed E-state index contributed by atoms with van der Waals surface area (Å²) < 4.78 is 40.2. The number of nitrogens with zero attached hydrogens (tertiary/aromatic N) is 2. The van der Waals surface area contributed by atoms with E-state index in [1.54, 1.807) is 0 Å². The van der Waals surface area contributed by atoms with E-state index in [4.69, 9.17) is 11.6 Å². The SMILES string of the molecule is CCCNC(=O)C(Cc1ccccc1)N(Cc1cccc(C)c1)C(=O)CN(c1ccc(F)c(Cl)c1)S(C)(=O)=O. The van der Waals surface area contributed by atoms with Crippen LogP contribution in [0.5, 0.6) is 0 Å². The van der Waals surface area contributed by atoms with Gasteiger partial charge in [0.25, 0.3) is 0 Å². The summed E-state index contributed by atoms with van der Waals surface area (Å²) in [5.41, 5.74) is 2.67. The van der Waals surface area contributed by atoms with E-state index in [0.717, 1.165) is 39.4 Å². The van der Waals surface area contributed by atoms with Gasteiger partial charge in [-0.2, -0.15) is 0 Å². The number of carbonyl (C=O) groups is 2. The molecule has 3 aromatic carbocycles. The largest absolute Gasteiger partial charge is 0.354 e. The van der Waals surface area contributed by atoms with Crippen molar-refractivity contribution in [1.29, 1.82) is 0 Å². The average Bonchev–Trinajstić information content (AvgIpc) is 2.89. The predicted octanol–water partition coefficient (Wildman–Crippen LogP) is 4.72. The lowest BCUT2D eigenvalue weighted by atomic mass is 10.0. The van der Waals surface area contributed by atoms with E-state index in [0.29, 0.717) is 13.0 Å². The van der Waals surface area contributed by atoms with Crippen LogP contribution in [0, 0.1) is 12.7 Å². The first-order valence-electron chi connectivity index (χ1n) is 12.6. The van der Waals surface area contributed by atoms with Gasteiger partial charge < -0.3 is 10.2 Å². The van der Waals surface area contributed by atoms with Gasteiger partial charge in [-0.1, -0.05) is 78.7 Å². The van der Waals surface area contributed by atoms with E-state index >= 15 is 0 Å². The third kappa shape index (κ3) is 8.53. The molecule has 7 nitrogen and oxygen atoms in total. The van der Waals surface area contributed by atoms with Gasteiger partial charge in [-0.25, -0.2) is 12.8 Å². The maximum atomic E-state index is 14.0. The molecule has 208 valence electrons. The lowest BCUT2D eigenvalue weighted by Crippen LogP contribution is -2.53. The Kier molecular flexibility index (Phi) is 10.5. The number of nitrogens with one attached hydrogen (secondary N) is 1. The molecule has 0 aliphatic carbocycles. The number of anilines is 1. The third-order valence-corrected chi connectivity index (χ3v) is 7.56. The van der Waals surface area contributed by atoms with Crippen LogP contribution in [0.4, 0.5) is 10.1 Å².